The Bertz CT molecular complexity index is 421. The Hall–Kier alpha value is -1.39. The molecule has 0 aliphatic heterocycles. The molecule has 112 valence electrons. The van der Waals surface area contributed by atoms with Gasteiger partial charge in [0, 0.05) is 33.2 Å². The van der Waals surface area contributed by atoms with Crippen molar-refractivity contribution in [2.24, 2.45) is 0 Å². The SMILES string of the molecule is COCCNC(=O)CCNCc1c(C)cc(C)cc1C. The highest BCUT2D eigenvalue weighted by molar-refractivity contribution is 5.76. The fraction of sp³-hybridized carbons (Fsp3) is 0.562. The zero-order valence-electron chi connectivity index (χ0n) is 13.0. The summed E-state index contributed by atoms with van der Waals surface area (Å²) in [6.45, 7) is 9.01. The highest BCUT2D eigenvalue weighted by Crippen LogP contribution is 2.15. The molecule has 2 N–H and O–H groups in total. The number of hydrogen-bond donors (Lipinski definition) is 2. The van der Waals surface area contributed by atoms with Crippen molar-refractivity contribution in [1.29, 1.82) is 0 Å². The zero-order chi connectivity index (χ0) is 15.0. The number of amides is 1. The summed E-state index contributed by atoms with van der Waals surface area (Å²) in [5, 5.41) is 6.14. The van der Waals surface area contributed by atoms with E-state index in [1.165, 1.54) is 22.3 Å². The Labute approximate surface area is 121 Å². The van der Waals surface area contributed by atoms with Crippen molar-refractivity contribution in [2.45, 2.75) is 33.7 Å². The van der Waals surface area contributed by atoms with Crippen molar-refractivity contribution in [2.75, 3.05) is 26.8 Å². The van der Waals surface area contributed by atoms with E-state index in [-0.39, 0.29) is 5.91 Å². The predicted octanol–water partition coefficient (Wildman–Crippen LogP) is 1.85. The Balaban J connectivity index is 2.29. The van der Waals surface area contributed by atoms with Gasteiger partial charge in [-0.3, -0.25) is 4.79 Å². The first-order valence-corrected chi connectivity index (χ1v) is 7.07. The molecule has 0 radical (unpaired) electrons. The van der Waals surface area contributed by atoms with E-state index in [1.807, 2.05) is 0 Å². The van der Waals surface area contributed by atoms with Gasteiger partial charge in [-0.05, 0) is 37.5 Å². The van der Waals surface area contributed by atoms with E-state index < -0.39 is 0 Å². The van der Waals surface area contributed by atoms with Crippen LogP contribution in [0, 0.1) is 20.8 Å². The van der Waals surface area contributed by atoms with E-state index in [1.54, 1.807) is 7.11 Å². The van der Waals surface area contributed by atoms with Crippen LogP contribution in [-0.2, 0) is 16.1 Å². The zero-order valence-corrected chi connectivity index (χ0v) is 13.0. The van der Waals surface area contributed by atoms with Crippen LogP contribution in [0.5, 0.6) is 0 Å². The number of benzene rings is 1. The summed E-state index contributed by atoms with van der Waals surface area (Å²) in [7, 11) is 1.62. The largest absolute Gasteiger partial charge is 0.383 e. The first-order chi connectivity index (χ1) is 9.54. The van der Waals surface area contributed by atoms with E-state index in [0.29, 0.717) is 26.1 Å². The molecule has 0 bridgehead atoms. The average Bonchev–Trinajstić information content (AvgIpc) is 2.37. The molecule has 0 saturated carbocycles. The molecule has 0 heterocycles. The van der Waals surface area contributed by atoms with Gasteiger partial charge in [0.15, 0.2) is 0 Å². The van der Waals surface area contributed by atoms with Gasteiger partial charge in [0.25, 0.3) is 0 Å². The van der Waals surface area contributed by atoms with Gasteiger partial charge in [-0.1, -0.05) is 17.7 Å². The van der Waals surface area contributed by atoms with Crippen molar-refractivity contribution >= 4 is 5.91 Å². The van der Waals surface area contributed by atoms with Crippen LogP contribution in [0.4, 0.5) is 0 Å². The van der Waals surface area contributed by atoms with Crippen molar-refractivity contribution in [3.05, 3.63) is 34.4 Å². The van der Waals surface area contributed by atoms with E-state index in [4.69, 9.17) is 4.74 Å². The number of carbonyl (C=O) groups excluding carboxylic acids is 1. The van der Waals surface area contributed by atoms with Gasteiger partial charge in [0.2, 0.25) is 5.91 Å². The molecular formula is C16H26N2O2. The van der Waals surface area contributed by atoms with Gasteiger partial charge < -0.3 is 15.4 Å². The Kier molecular flexibility index (Phi) is 7.26. The molecule has 1 rings (SSSR count). The second-order valence-electron chi connectivity index (χ2n) is 5.15. The number of ether oxygens (including phenoxy) is 1. The van der Waals surface area contributed by atoms with Crippen LogP contribution in [-0.4, -0.2) is 32.7 Å². The number of carbonyl (C=O) groups is 1. The minimum atomic E-state index is 0.0619. The van der Waals surface area contributed by atoms with Crippen LogP contribution in [0.3, 0.4) is 0 Å². The van der Waals surface area contributed by atoms with Gasteiger partial charge in [-0.15, -0.1) is 0 Å². The molecule has 0 saturated heterocycles. The molecule has 0 aromatic heterocycles. The van der Waals surface area contributed by atoms with E-state index in [2.05, 4.69) is 43.5 Å². The molecule has 4 nitrogen and oxygen atoms in total. The molecule has 0 fully saturated rings. The first-order valence-electron chi connectivity index (χ1n) is 7.07. The number of hydrogen-bond acceptors (Lipinski definition) is 3. The van der Waals surface area contributed by atoms with E-state index >= 15 is 0 Å². The quantitative estimate of drug-likeness (QED) is 0.714. The smallest absolute Gasteiger partial charge is 0.221 e. The second-order valence-corrected chi connectivity index (χ2v) is 5.15. The number of rotatable bonds is 8. The Morgan fingerprint density at radius 1 is 1.15 bits per heavy atom. The molecule has 0 unspecified atom stereocenters. The third kappa shape index (κ3) is 5.72. The van der Waals surface area contributed by atoms with E-state index in [0.717, 1.165) is 6.54 Å². The van der Waals surface area contributed by atoms with Crippen LogP contribution in [0.2, 0.25) is 0 Å². The van der Waals surface area contributed by atoms with Crippen molar-refractivity contribution in [3.8, 4) is 0 Å². The predicted molar refractivity (Wildman–Crippen MR) is 81.9 cm³/mol. The summed E-state index contributed by atoms with van der Waals surface area (Å²) in [6.07, 6.45) is 0.494. The Morgan fingerprint density at radius 3 is 2.40 bits per heavy atom. The lowest BCUT2D eigenvalue weighted by Gasteiger charge is -2.12. The number of nitrogens with one attached hydrogen (secondary N) is 2. The Morgan fingerprint density at radius 2 is 1.80 bits per heavy atom. The van der Waals surface area contributed by atoms with Crippen molar-refractivity contribution < 1.29 is 9.53 Å². The average molecular weight is 278 g/mol. The van der Waals surface area contributed by atoms with Crippen LogP contribution in [0.25, 0.3) is 0 Å². The van der Waals surface area contributed by atoms with Crippen molar-refractivity contribution in [1.82, 2.24) is 10.6 Å². The van der Waals surface area contributed by atoms with Crippen LogP contribution < -0.4 is 10.6 Å². The normalized spacial score (nSPS) is 10.6. The molecule has 1 aromatic rings. The highest BCUT2D eigenvalue weighted by Gasteiger charge is 2.04. The summed E-state index contributed by atoms with van der Waals surface area (Å²) in [6, 6.07) is 4.39. The summed E-state index contributed by atoms with van der Waals surface area (Å²) in [5.41, 5.74) is 5.23. The summed E-state index contributed by atoms with van der Waals surface area (Å²) in [5.74, 6) is 0.0619. The van der Waals surface area contributed by atoms with Crippen LogP contribution in [0.15, 0.2) is 12.1 Å². The van der Waals surface area contributed by atoms with Gasteiger partial charge in [0.05, 0.1) is 6.61 Å². The summed E-state index contributed by atoms with van der Waals surface area (Å²) in [4.78, 5) is 11.5. The maximum Gasteiger partial charge on any atom is 0.221 e. The molecule has 1 aromatic carbocycles. The van der Waals surface area contributed by atoms with Crippen LogP contribution >= 0.6 is 0 Å². The minimum Gasteiger partial charge on any atom is -0.383 e. The molecule has 0 aliphatic carbocycles. The maximum atomic E-state index is 11.5. The summed E-state index contributed by atoms with van der Waals surface area (Å²) >= 11 is 0. The molecule has 20 heavy (non-hydrogen) atoms. The van der Waals surface area contributed by atoms with Gasteiger partial charge in [0.1, 0.15) is 0 Å². The lowest BCUT2D eigenvalue weighted by atomic mass is 10.00. The topological polar surface area (TPSA) is 50.4 Å². The minimum absolute atomic E-state index is 0.0619. The monoisotopic (exact) mass is 278 g/mol. The molecule has 1 amide bonds. The molecular weight excluding hydrogens is 252 g/mol. The fourth-order valence-corrected chi connectivity index (χ4v) is 2.28. The van der Waals surface area contributed by atoms with Gasteiger partial charge >= 0.3 is 0 Å². The lowest BCUT2D eigenvalue weighted by Crippen LogP contribution is -2.30. The van der Waals surface area contributed by atoms with E-state index in [9.17, 15) is 4.79 Å². The fourth-order valence-electron chi connectivity index (χ4n) is 2.28. The van der Waals surface area contributed by atoms with Crippen LogP contribution in [0.1, 0.15) is 28.7 Å². The molecule has 4 heteroatoms. The number of aryl methyl sites for hydroxylation is 3. The third-order valence-electron chi connectivity index (χ3n) is 3.30. The lowest BCUT2D eigenvalue weighted by molar-refractivity contribution is -0.121. The van der Waals surface area contributed by atoms with Crippen molar-refractivity contribution in [3.63, 3.8) is 0 Å². The molecule has 0 spiro atoms. The molecule has 0 atom stereocenters. The standard InChI is InChI=1S/C16H26N2O2/c1-12-9-13(2)15(14(3)10-12)11-17-6-5-16(19)18-7-8-20-4/h9-10,17H,5-8,11H2,1-4H3,(H,18,19). The van der Waals surface area contributed by atoms with Gasteiger partial charge in [-0.25, -0.2) is 0 Å². The maximum absolute atomic E-state index is 11.5. The molecule has 0 aliphatic rings. The van der Waals surface area contributed by atoms with Gasteiger partial charge in [-0.2, -0.15) is 0 Å². The second kappa shape index (κ2) is 8.72. The first kappa shape index (κ1) is 16.7. The number of methoxy groups -OCH3 is 1. The highest BCUT2D eigenvalue weighted by atomic mass is 16.5. The summed E-state index contributed by atoms with van der Waals surface area (Å²) < 4.78 is 4.88. The third-order valence-corrected chi connectivity index (χ3v) is 3.30.